The van der Waals surface area contributed by atoms with Crippen LogP contribution in [0.2, 0.25) is 0 Å². The molecule has 0 radical (unpaired) electrons. The number of nitriles is 1. The molecule has 41 heavy (non-hydrogen) atoms. The van der Waals surface area contributed by atoms with Crippen LogP contribution < -0.4 is 21.5 Å². The van der Waals surface area contributed by atoms with Gasteiger partial charge < -0.3 is 21.1 Å². The number of hydrogen-bond acceptors (Lipinski definition) is 8. The Morgan fingerprint density at radius 2 is 2.02 bits per heavy atom. The van der Waals surface area contributed by atoms with Gasteiger partial charge in [-0.2, -0.15) is 15.0 Å². The number of halogens is 2. The molecule has 0 aliphatic carbocycles. The van der Waals surface area contributed by atoms with Crippen LogP contribution in [-0.4, -0.2) is 52.7 Å². The summed E-state index contributed by atoms with van der Waals surface area (Å²) in [5, 5.41) is 26.1. The first-order chi connectivity index (χ1) is 19.6. The zero-order valence-electron chi connectivity index (χ0n) is 22.1. The van der Waals surface area contributed by atoms with E-state index >= 15 is 0 Å². The number of nitrogens with one attached hydrogen (secondary N) is 1. The van der Waals surface area contributed by atoms with Crippen molar-refractivity contribution in [1.29, 1.82) is 5.26 Å². The Bertz CT molecular complexity index is 1660. The Hall–Kier alpha value is -4.99. The second-order valence-corrected chi connectivity index (χ2v) is 9.57. The number of allylic oxidation sites excluding steroid dienone is 3. The number of carbonyl (C=O) groups is 1. The highest BCUT2D eigenvalue weighted by Crippen LogP contribution is 2.35. The number of amides is 1. The van der Waals surface area contributed by atoms with E-state index in [0.29, 0.717) is 52.3 Å². The predicted molar refractivity (Wildman–Crippen MR) is 152 cm³/mol. The average molecular weight is 560 g/mol. The molecule has 4 N–H and O–H groups in total. The third-order valence-corrected chi connectivity index (χ3v) is 6.77. The van der Waals surface area contributed by atoms with Crippen LogP contribution in [-0.2, 0) is 0 Å². The highest BCUT2D eigenvalue weighted by molar-refractivity contribution is 6.05. The first-order valence-corrected chi connectivity index (χ1v) is 12.5. The van der Waals surface area contributed by atoms with Crippen molar-refractivity contribution < 1.29 is 18.7 Å². The van der Waals surface area contributed by atoms with Crippen LogP contribution in [0.3, 0.4) is 0 Å². The summed E-state index contributed by atoms with van der Waals surface area (Å²) in [6.45, 7) is 5.68. The van der Waals surface area contributed by atoms with Gasteiger partial charge in [0.1, 0.15) is 11.4 Å². The number of aliphatic hydroxyl groups is 1. The lowest BCUT2D eigenvalue weighted by molar-refractivity contribution is 0.102. The second kappa shape index (κ2) is 12.0. The van der Waals surface area contributed by atoms with Crippen molar-refractivity contribution in [2.75, 3.05) is 29.9 Å². The van der Waals surface area contributed by atoms with Crippen LogP contribution in [0.4, 0.5) is 20.2 Å². The Morgan fingerprint density at radius 1 is 1.29 bits per heavy atom. The third-order valence-electron chi connectivity index (χ3n) is 6.77. The van der Waals surface area contributed by atoms with E-state index in [4.69, 9.17) is 5.73 Å². The summed E-state index contributed by atoms with van der Waals surface area (Å²) in [6, 6.07) is 12.5. The maximum absolute atomic E-state index is 14.4. The highest BCUT2D eigenvalue weighted by Gasteiger charge is 2.35. The first-order valence-electron chi connectivity index (χ1n) is 12.5. The SMILES string of the molecule is C=N/C=C\C(C#N)=C(/C)c1ccc(NC(=O)c2ccc(=O)n(-c3c(F)cccc3F)n2)c(N2CC[C@@](N)(CO)C2)c1. The van der Waals surface area contributed by atoms with E-state index in [2.05, 4.69) is 28.2 Å². The van der Waals surface area contributed by atoms with Gasteiger partial charge in [-0.05, 0) is 67.6 Å². The molecule has 2 aromatic carbocycles. The van der Waals surface area contributed by atoms with Gasteiger partial charge in [0.2, 0.25) is 0 Å². The van der Waals surface area contributed by atoms with Gasteiger partial charge in [-0.15, -0.1) is 0 Å². The molecule has 1 aliphatic heterocycles. The van der Waals surface area contributed by atoms with Gasteiger partial charge in [-0.3, -0.25) is 14.6 Å². The molecule has 1 aliphatic rings. The Labute approximate surface area is 234 Å². The summed E-state index contributed by atoms with van der Waals surface area (Å²) < 4.78 is 29.2. The number of aromatic nitrogens is 2. The molecule has 210 valence electrons. The number of hydrogen-bond donors (Lipinski definition) is 3. The number of anilines is 2. The summed E-state index contributed by atoms with van der Waals surface area (Å²) >= 11 is 0. The molecule has 0 bridgehead atoms. The van der Waals surface area contributed by atoms with Crippen LogP contribution >= 0.6 is 0 Å². The minimum Gasteiger partial charge on any atom is -0.394 e. The maximum atomic E-state index is 14.4. The number of aliphatic hydroxyl groups excluding tert-OH is 1. The van der Waals surface area contributed by atoms with Crippen LogP contribution in [0.1, 0.15) is 29.4 Å². The topological polar surface area (TPSA) is 150 Å². The fourth-order valence-corrected chi connectivity index (χ4v) is 4.46. The second-order valence-electron chi connectivity index (χ2n) is 9.57. The number of rotatable bonds is 8. The van der Waals surface area contributed by atoms with Gasteiger partial charge in [-0.25, -0.2) is 8.78 Å². The van der Waals surface area contributed by atoms with E-state index in [1.54, 1.807) is 25.1 Å². The average Bonchev–Trinajstić information content (AvgIpc) is 3.36. The number of aliphatic imine (C=N–C) groups is 1. The van der Waals surface area contributed by atoms with Gasteiger partial charge >= 0.3 is 0 Å². The molecule has 0 spiro atoms. The molecule has 0 saturated carbocycles. The van der Waals surface area contributed by atoms with Crippen molar-refractivity contribution in [1.82, 2.24) is 9.78 Å². The van der Waals surface area contributed by atoms with Crippen LogP contribution in [0.15, 0.2) is 76.2 Å². The quantitative estimate of drug-likeness (QED) is 0.218. The first kappa shape index (κ1) is 29.0. The molecule has 1 saturated heterocycles. The van der Waals surface area contributed by atoms with E-state index in [0.717, 1.165) is 30.3 Å². The standard InChI is InChI=1S/C29H27F2N7O3/c1-18(20(15-32)10-12-34-2)19-6-7-23(25(14-19)37-13-11-29(33,16-37)17-39)35-28(41)24-8-9-26(40)38(36-24)27-21(30)4-3-5-22(27)31/h3-10,12,14,39H,2,11,13,16-17,33H2,1H3,(H,35,41)/b12-10-,20-18-/t29-/m0/s1. The highest BCUT2D eigenvalue weighted by atomic mass is 19.1. The lowest BCUT2D eigenvalue weighted by Gasteiger charge is -2.26. The van der Waals surface area contributed by atoms with Gasteiger partial charge in [0.25, 0.3) is 11.5 Å². The van der Waals surface area contributed by atoms with Crippen molar-refractivity contribution in [3.05, 3.63) is 99.6 Å². The zero-order chi connectivity index (χ0) is 29.7. The van der Waals surface area contributed by atoms with Crippen molar-refractivity contribution in [2.24, 2.45) is 10.7 Å². The Morgan fingerprint density at radius 3 is 2.66 bits per heavy atom. The van der Waals surface area contributed by atoms with Crippen molar-refractivity contribution in [3.63, 3.8) is 0 Å². The molecule has 4 rings (SSSR count). The number of nitrogens with two attached hydrogens (primary N) is 1. The maximum Gasteiger partial charge on any atom is 0.276 e. The fraction of sp³-hybridized carbons (Fsp3) is 0.207. The molecule has 2 heterocycles. The Balaban J connectivity index is 1.75. The number of para-hydroxylation sites is 1. The molecule has 3 aromatic rings. The molecule has 1 amide bonds. The molecular formula is C29H27F2N7O3. The normalized spacial score (nSPS) is 17.3. The number of benzene rings is 2. The lowest BCUT2D eigenvalue weighted by Crippen LogP contribution is -2.46. The van der Waals surface area contributed by atoms with E-state index < -0.39 is 34.3 Å². The van der Waals surface area contributed by atoms with Crippen molar-refractivity contribution in [2.45, 2.75) is 18.9 Å². The smallest absolute Gasteiger partial charge is 0.276 e. The summed E-state index contributed by atoms with van der Waals surface area (Å²) in [4.78, 5) is 31.2. The van der Waals surface area contributed by atoms with Gasteiger partial charge in [0, 0.05) is 25.4 Å². The summed E-state index contributed by atoms with van der Waals surface area (Å²) in [5.74, 6) is -2.77. The summed E-state index contributed by atoms with van der Waals surface area (Å²) in [7, 11) is 0. The molecule has 12 heteroatoms. The van der Waals surface area contributed by atoms with Crippen molar-refractivity contribution in [3.8, 4) is 11.8 Å². The Kier molecular flexibility index (Phi) is 8.51. The molecule has 0 unspecified atom stereocenters. The number of nitrogens with zero attached hydrogens (tertiary/aromatic N) is 5. The van der Waals surface area contributed by atoms with Crippen LogP contribution in [0.25, 0.3) is 11.3 Å². The van der Waals surface area contributed by atoms with Gasteiger partial charge in [0.15, 0.2) is 11.6 Å². The van der Waals surface area contributed by atoms with Gasteiger partial charge in [-0.1, -0.05) is 12.1 Å². The molecule has 10 nitrogen and oxygen atoms in total. The third kappa shape index (κ3) is 6.11. The van der Waals surface area contributed by atoms with Crippen LogP contribution in [0, 0.1) is 23.0 Å². The largest absolute Gasteiger partial charge is 0.394 e. The monoisotopic (exact) mass is 559 g/mol. The summed E-state index contributed by atoms with van der Waals surface area (Å²) in [6.07, 6.45) is 3.43. The van der Waals surface area contributed by atoms with E-state index in [9.17, 15) is 28.7 Å². The number of carbonyl (C=O) groups excluding carboxylic acids is 1. The van der Waals surface area contributed by atoms with E-state index in [1.807, 2.05) is 4.90 Å². The van der Waals surface area contributed by atoms with Gasteiger partial charge in [0.05, 0.1) is 35.2 Å². The fourth-order valence-electron chi connectivity index (χ4n) is 4.46. The molecule has 1 fully saturated rings. The van der Waals surface area contributed by atoms with E-state index in [-0.39, 0.29) is 12.3 Å². The minimum atomic E-state index is -1.02. The lowest BCUT2D eigenvalue weighted by atomic mass is 10.00. The zero-order valence-corrected chi connectivity index (χ0v) is 22.1. The predicted octanol–water partition coefficient (Wildman–Crippen LogP) is 3.17. The molecular weight excluding hydrogens is 532 g/mol. The van der Waals surface area contributed by atoms with Crippen molar-refractivity contribution >= 4 is 29.6 Å². The summed E-state index contributed by atoms with van der Waals surface area (Å²) in [5.41, 5.74) is 6.26. The van der Waals surface area contributed by atoms with E-state index in [1.165, 1.54) is 12.3 Å². The molecule has 1 atom stereocenters. The minimum absolute atomic E-state index is 0.236. The van der Waals surface area contributed by atoms with Crippen LogP contribution in [0.5, 0.6) is 0 Å². The molecule has 1 aromatic heterocycles.